The first-order valence-electron chi connectivity index (χ1n) is 7.74. The van der Waals surface area contributed by atoms with Crippen LogP contribution in [0.2, 0.25) is 0 Å². The standard InChI is InChI=1S/C21H17NS/c22-13-12-17(15-6-2-1-3-7-15)16-10-11-21-19(14-16)18-8-4-5-9-20(18)23-21/h1-12,14H,13,22H2. The van der Waals surface area contributed by atoms with Crippen LogP contribution in [-0.4, -0.2) is 6.54 Å². The average Bonchev–Trinajstić information content (AvgIpc) is 2.98. The van der Waals surface area contributed by atoms with Gasteiger partial charge >= 0.3 is 0 Å². The molecule has 0 amide bonds. The minimum Gasteiger partial charge on any atom is -0.327 e. The Morgan fingerprint density at radius 1 is 0.783 bits per heavy atom. The Labute approximate surface area is 139 Å². The van der Waals surface area contributed by atoms with Crippen LogP contribution < -0.4 is 5.73 Å². The van der Waals surface area contributed by atoms with Crippen molar-refractivity contribution < 1.29 is 0 Å². The molecule has 1 heterocycles. The number of hydrogen-bond donors (Lipinski definition) is 1. The maximum absolute atomic E-state index is 5.81. The molecule has 0 unspecified atom stereocenters. The molecule has 0 atom stereocenters. The molecule has 0 saturated heterocycles. The highest BCUT2D eigenvalue weighted by atomic mass is 32.1. The average molecular weight is 315 g/mol. The number of nitrogens with two attached hydrogens (primary N) is 1. The molecule has 3 aromatic carbocycles. The van der Waals surface area contributed by atoms with Crippen molar-refractivity contribution in [3.8, 4) is 0 Å². The van der Waals surface area contributed by atoms with E-state index in [-0.39, 0.29) is 0 Å². The molecule has 1 nitrogen and oxygen atoms in total. The lowest BCUT2D eigenvalue weighted by atomic mass is 9.96. The van der Waals surface area contributed by atoms with Crippen molar-refractivity contribution in [1.29, 1.82) is 0 Å². The monoisotopic (exact) mass is 315 g/mol. The molecular formula is C21H17NS. The highest BCUT2D eigenvalue weighted by Gasteiger charge is 2.09. The van der Waals surface area contributed by atoms with E-state index in [9.17, 15) is 0 Å². The molecule has 0 aliphatic rings. The minimum atomic E-state index is 0.534. The lowest BCUT2D eigenvalue weighted by Crippen LogP contribution is -1.97. The molecule has 23 heavy (non-hydrogen) atoms. The van der Waals surface area contributed by atoms with Gasteiger partial charge in [-0.05, 0) is 34.9 Å². The van der Waals surface area contributed by atoms with Crippen LogP contribution in [0, 0.1) is 0 Å². The first-order chi connectivity index (χ1) is 11.4. The second-order valence-corrected chi connectivity index (χ2v) is 6.61. The van der Waals surface area contributed by atoms with Gasteiger partial charge in [0.25, 0.3) is 0 Å². The lowest BCUT2D eigenvalue weighted by molar-refractivity contribution is 1.25. The Kier molecular flexibility index (Phi) is 3.70. The van der Waals surface area contributed by atoms with Crippen LogP contribution in [0.3, 0.4) is 0 Å². The van der Waals surface area contributed by atoms with Crippen LogP contribution in [-0.2, 0) is 0 Å². The summed E-state index contributed by atoms with van der Waals surface area (Å²) in [5.41, 5.74) is 9.44. The van der Waals surface area contributed by atoms with E-state index >= 15 is 0 Å². The molecule has 0 aliphatic heterocycles. The van der Waals surface area contributed by atoms with Crippen molar-refractivity contribution in [2.75, 3.05) is 6.54 Å². The maximum atomic E-state index is 5.81. The van der Waals surface area contributed by atoms with Crippen molar-refractivity contribution in [3.05, 3.63) is 90.0 Å². The third-order valence-corrected chi connectivity index (χ3v) is 5.25. The van der Waals surface area contributed by atoms with Gasteiger partial charge in [-0.2, -0.15) is 0 Å². The zero-order valence-corrected chi connectivity index (χ0v) is 13.5. The van der Waals surface area contributed by atoms with Crippen molar-refractivity contribution in [2.45, 2.75) is 0 Å². The van der Waals surface area contributed by atoms with Gasteiger partial charge in [0.2, 0.25) is 0 Å². The highest BCUT2D eigenvalue weighted by Crippen LogP contribution is 2.36. The van der Waals surface area contributed by atoms with Gasteiger partial charge in [-0.15, -0.1) is 11.3 Å². The smallest absolute Gasteiger partial charge is 0.0355 e. The molecule has 112 valence electrons. The second-order valence-electron chi connectivity index (χ2n) is 5.53. The first kappa shape index (κ1) is 14.2. The molecule has 2 N–H and O–H groups in total. The largest absolute Gasteiger partial charge is 0.327 e. The zero-order chi connectivity index (χ0) is 15.6. The molecule has 2 heteroatoms. The number of fused-ring (bicyclic) bond motifs is 3. The van der Waals surface area contributed by atoms with E-state index in [0.717, 1.165) is 0 Å². The molecular weight excluding hydrogens is 298 g/mol. The van der Waals surface area contributed by atoms with E-state index in [1.165, 1.54) is 36.9 Å². The van der Waals surface area contributed by atoms with Gasteiger partial charge < -0.3 is 5.73 Å². The van der Waals surface area contributed by atoms with Crippen molar-refractivity contribution in [2.24, 2.45) is 5.73 Å². The Balaban J connectivity index is 1.93. The summed E-state index contributed by atoms with van der Waals surface area (Å²) in [5, 5.41) is 2.65. The molecule has 0 radical (unpaired) electrons. The lowest BCUT2D eigenvalue weighted by Gasteiger charge is -2.09. The Morgan fingerprint density at radius 3 is 2.35 bits per heavy atom. The summed E-state index contributed by atoms with van der Waals surface area (Å²) in [7, 11) is 0. The summed E-state index contributed by atoms with van der Waals surface area (Å²) in [6.07, 6.45) is 2.10. The molecule has 4 rings (SSSR count). The third kappa shape index (κ3) is 2.56. The van der Waals surface area contributed by atoms with Gasteiger partial charge in [0, 0.05) is 26.7 Å². The van der Waals surface area contributed by atoms with Gasteiger partial charge in [0.1, 0.15) is 0 Å². The van der Waals surface area contributed by atoms with E-state index in [4.69, 9.17) is 5.73 Å². The summed E-state index contributed by atoms with van der Waals surface area (Å²) in [6, 6.07) is 25.8. The van der Waals surface area contributed by atoms with E-state index in [0.29, 0.717) is 6.54 Å². The fourth-order valence-corrected chi connectivity index (χ4v) is 4.12. The number of hydrogen-bond acceptors (Lipinski definition) is 2. The first-order valence-corrected chi connectivity index (χ1v) is 8.56. The Morgan fingerprint density at radius 2 is 1.52 bits per heavy atom. The number of rotatable bonds is 3. The van der Waals surface area contributed by atoms with Crippen LogP contribution in [0.4, 0.5) is 0 Å². The predicted octanol–water partition coefficient (Wildman–Crippen LogP) is 5.44. The minimum absolute atomic E-state index is 0.534. The summed E-state index contributed by atoms with van der Waals surface area (Å²) in [5.74, 6) is 0. The van der Waals surface area contributed by atoms with Gasteiger partial charge in [-0.3, -0.25) is 0 Å². The fraction of sp³-hybridized carbons (Fsp3) is 0.0476. The van der Waals surface area contributed by atoms with Gasteiger partial charge in [-0.25, -0.2) is 0 Å². The molecule has 0 saturated carbocycles. The fourth-order valence-electron chi connectivity index (χ4n) is 3.03. The highest BCUT2D eigenvalue weighted by molar-refractivity contribution is 7.25. The van der Waals surface area contributed by atoms with Crippen LogP contribution in [0.5, 0.6) is 0 Å². The molecule has 1 aromatic heterocycles. The quantitative estimate of drug-likeness (QED) is 0.535. The maximum Gasteiger partial charge on any atom is 0.0355 e. The van der Waals surface area contributed by atoms with Crippen LogP contribution >= 0.6 is 11.3 Å². The summed E-state index contributed by atoms with van der Waals surface area (Å²) in [6.45, 7) is 0.534. The van der Waals surface area contributed by atoms with Crippen LogP contribution in [0.25, 0.3) is 25.7 Å². The van der Waals surface area contributed by atoms with Crippen LogP contribution in [0.1, 0.15) is 11.1 Å². The van der Waals surface area contributed by atoms with E-state index < -0.39 is 0 Å². The van der Waals surface area contributed by atoms with Crippen molar-refractivity contribution >= 4 is 37.1 Å². The second kappa shape index (κ2) is 5.99. The molecule has 0 spiro atoms. The molecule has 0 bridgehead atoms. The predicted molar refractivity (Wildman–Crippen MR) is 102 cm³/mol. The summed E-state index contributed by atoms with van der Waals surface area (Å²) in [4.78, 5) is 0. The van der Waals surface area contributed by atoms with Gasteiger partial charge in [0.05, 0.1) is 0 Å². The molecule has 0 fully saturated rings. The Bertz CT molecular complexity index is 996. The molecule has 0 aliphatic carbocycles. The zero-order valence-electron chi connectivity index (χ0n) is 12.7. The van der Waals surface area contributed by atoms with E-state index in [1.54, 1.807) is 0 Å². The van der Waals surface area contributed by atoms with Gasteiger partial charge in [-0.1, -0.05) is 60.7 Å². The molecule has 4 aromatic rings. The summed E-state index contributed by atoms with van der Waals surface area (Å²) >= 11 is 1.85. The SMILES string of the molecule is NCC=C(c1ccccc1)c1ccc2sc3ccccc3c2c1. The number of thiophene rings is 1. The summed E-state index contributed by atoms with van der Waals surface area (Å²) < 4.78 is 2.67. The normalized spacial score (nSPS) is 12.1. The topological polar surface area (TPSA) is 26.0 Å². The van der Waals surface area contributed by atoms with Crippen molar-refractivity contribution in [1.82, 2.24) is 0 Å². The van der Waals surface area contributed by atoms with E-state index in [1.807, 2.05) is 17.4 Å². The van der Waals surface area contributed by atoms with Crippen LogP contribution in [0.15, 0.2) is 78.9 Å². The number of benzene rings is 3. The van der Waals surface area contributed by atoms with Gasteiger partial charge in [0.15, 0.2) is 0 Å². The Hall–Kier alpha value is -2.42. The van der Waals surface area contributed by atoms with Crippen molar-refractivity contribution in [3.63, 3.8) is 0 Å². The third-order valence-electron chi connectivity index (χ3n) is 4.09. The van der Waals surface area contributed by atoms with E-state index in [2.05, 4.69) is 72.8 Å².